The van der Waals surface area contributed by atoms with E-state index in [9.17, 15) is 5.11 Å². The molecule has 0 bridgehead atoms. The molecule has 1 aliphatic rings. The van der Waals surface area contributed by atoms with Gasteiger partial charge in [-0.15, -0.1) is 0 Å². The van der Waals surface area contributed by atoms with E-state index in [4.69, 9.17) is 0 Å². The molecule has 2 rings (SSSR count). The van der Waals surface area contributed by atoms with Crippen molar-refractivity contribution in [3.63, 3.8) is 0 Å². The van der Waals surface area contributed by atoms with E-state index in [-0.39, 0.29) is 5.41 Å². The maximum absolute atomic E-state index is 9.18. The largest absolute Gasteiger partial charge is 0.396 e. The van der Waals surface area contributed by atoms with Crippen LogP contribution < -0.4 is 0 Å². The Morgan fingerprint density at radius 2 is 2.31 bits per heavy atom. The van der Waals surface area contributed by atoms with Crippen LogP contribution in [0.4, 0.5) is 0 Å². The fraction of sp³-hybridized carbons (Fsp3) is 0.545. The molecule has 0 unspecified atom stereocenters. The number of aliphatic hydroxyl groups excluding tert-OH is 1. The molecule has 1 saturated carbocycles. The summed E-state index contributed by atoms with van der Waals surface area (Å²) < 4.78 is 0. The first kappa shape index (κ1) is 8.70. The van der Waals surface area contributed by atoms with E-state index in [1.54, 1.807) is 0 Å². The molecule has 2 nitrogen and oxygen atoms in total. The zero-order chi connectivity index (χ0) is 9.31. The maximum Gasteiger partial charge on any atom is 0.0491 e. The smallest absolute Gasteiger partial charge is 0.0491 e. The van der Waals surface area contributed by atoms with Crippen LogP contribution >= 0.6 is 0 Å². The number of aryl methyl sites for hydroxylation is 1. The van der Waals surface area contributed by atoms with Crippen molar-refractivity contribution in [2.24, 2.45) is 5.41 Å². The molecule has 1 aliphatic carbocycles. The van der Waals surface area contributed by atoms with Crippen molar-refractivity contribution in [3.05, 3.63) is 29.6 Å². The van der Waals surface area contributed by atoms with Gasteiger partial charge in [0, 0.05) is 18.5 Å². The average molecular weight is 177 g/mol. The third kappa shape index (κ3) is 1.73. The first-order valence-electron chi connectivity index (χ1n) is 4.77. The second-order valence-electron chi connectivity index (χ2n) is 4.10. The highest BCUT2D eigenvalue weighted by atomic mass is 16.3. The Morgan fingerprint density at radius 1 is 1.54 bits per heavy atom. The van der Waals surface area contributed by atoms with Crippen LogP contribution in [0.15, 0.2) is 18.3 Å². The van der Waals surface area contributed by atoms with Gasteiger partial charge in [-0.3, -0.25) is 4.98 Å². The van der Waals surface area contributed by atoms with Gasteiger partial charge in [-0.1, -0.05) is 6.07 Å². The Kier molecular flexibility index (Phi) is 2.08. The lowest BCUT2D eigenvalue weighted by atomic mass is 9.99. The Labute approximate surface area is 78.6 Å². The molecule has 0 aliphatic heterocycles. The lowest BCUT2D eigenvalue weighted by Crippen LogP contribution is -2.12. The summed E-state index contributed by atoms with van der Waals surface area (Å²) in [7, 11) is 0. The summed E-state index contributed by atoms with van der Waals surface area (Å²) in [6, 6.07) is 4.03. The quantitative estimate of drug-likeness (QED) is 0.762. The van der Waals surface area contributed by atoms with Crippen molar-refractivity contribution in [2.45, 2.75) is 26.2 Å². The molecule has 70 valence electrons. The van der Waals surface area contributed by atoms with Gasteiger partial charge in [-0.25, -0.2) is 0 Å². The highest BCUT2D eigenvalue weighted by molar-refractivity contribution is 5.20. The minimum Gasteiger partial charge on any atom is -0.396 e. The van der Waals surface area contributed by atoms with Gasteiger partial charge in [0.15, 0.2) is 0 Å². The molecular formula is C11H15NO. The van der Waals surface area contributed by atoms with Crippen molar-refractivity contribution < 1.29 is 5.11 Å². The Morgan fingerprint density at radius 3 is 2.85 bits per heavy atom. The molecule has 1 aromatic rings. The van der Waals surface area contributed by atoms with Gasteiger partial charge in [0.25, 0.3) is 0 Å². The van der Waals surface area contributed by atoms with Crippen LogP contribution in [0.25, 0.3) is 0 Å². The lowest BCUT2D eigenvalue weighted by Gasteiger charge is -2.11. The molecule has 0 saturated heterocycles. The predicted octanol–water partition coefficient (Wildman–Crippen LogP) is 1.71. The molecule has 1 aromatic heterocycles. The van der Waals surface area contributed by atoms with Crippen LogP contribution in [0.1, 0.15) is 24.1 Å². The second-order valence-corrected chi connectivity index (χ2v) is 4.10. The highest BCUT2D eigenvalue weighted by Crippen LogP contribution is 2.47. The van der Waals surface area contributed by atoms with Crippen molar-refractivity contribution in [3.8, 4) is 0 Å². The van der Waals surface area contributed by atoms with Crippen LogP contribution in [-0.4, -0.2) is 16.7 Å². The topological polar surface area (TPSA) is 33.1 Å². The number of hydrogen-bond acceptors (Lipinski definition) is 2. The first-order chi connectivity index (χ1) is 6.26. The van der Waals surface area contributed by atoms with Crippen molar-refractivity contribution in [2.75, 3.05) is 6.61 Å². The summed E-state index contributed by atoms with van der Waals surface area (Å²) in [5.41, 5.74) is 2.57. The Bertz CT molecular complexity index is 305. The fourth-order valence-electron chi connectivity index (χ4n) is 1.63. The van der Waals surface area contributed by atoms with Crippen LogP contribution in [-0.2, 0) is 6.42 Å². The molecule has 1 N–H and O–H groups in total. The van der Waals surface area contributed by atoms with Crippen LogP contribution in [0.3, 0.4) is 0 Å². The molecule has 0 aromatic carbocycles. The number of rotatable bonds is 3. The van der Waals surface area contributed by atoms with Gasteiger partial charge in [0.2, 0.25) is 0 Å². The summed E-state index contributed by atoms with van der Waals surface area (Å²) >= 11 is 0. The summed E-state index contributed by atoms with van der Waals surface area (Å²) in [5, 5.41) is 9.18. The normalized spacial score (nSPS) is 18.6. The molecule has 0 amide bonds. The number of aliphatic hydroxyl groups is 1. The van der Waals surface area contributed by atoms with E-state index in [0.29, 0.717) is 6.61 Å². The van der Waals surface area contributed by atoms with Crippen LogP contribution in [0, 0.1) is 12.3 Å². The molecule has 1 heterocycles. The van der Waals surface area contributed by atoms with Crippen molar-refractivity contribution >= 4 is 0 Å². The molecule has 0 radical (unpaired) electrons. The van der Waals surface area contributed by atoms with Crippen molar-refractivity contribution in [1.29, 1.82) is 0 Å². The Balaban J connectivity index is 2.14. The van der Waals surface area contributed by atoms with Gasteiger partial charge in [-0.05, 0) is 43.2 Å². The van der Waals surface area contributed by atoms with Crippen LogP contribution in [0.5, 0.6) is 0 Å². The zero-order valence-electron chi connectivity index (χ0n) is 7.95. The van der Waals surface area contributed by atoms with Gasteiger partial charge in [0.1, 0.15) is 0 Å². The second kappa shape index (κ2) is 3.11. The summed E-state index contributed by atoms with van der Waals surface area (Å²) in [6.07, 6.45) is 5.07. The van der Waals surface area contributed by atoms with Gasteiger partial charge >= 0.3 is 0 Å². The minimum absolute atomic E-state index is 0.180. The third-order valence-corrected chi connectivity index (χ3v) is 2.95. The molecule has 13 heavy (non-hydrogen) atoms. The molecular weight excluding hydrogens is 162 g/mol. The van der Waals surface area contributed by atoms with E-state index in [2.05, 4.69) is 18.0 Å². The van der Waals surface area contributed by atoms with E-state index in [1.807, 2.05) is 12.3 Å². The van der Waals surface area contributed by atoms with Crippen LogP contribution in [0.2, 0.25) is 0 Å². The SMILES string of the molecule is Cc1cccnc1CC1(CO)CC1. The summed E-state index contributed by atoms with van der Waals surface area (Å²) in [6.45, 7) is 2.39. The summed E-state index contributed by atoms with van der Waals surface area (Å²) in [5.74, 6) is 0. The van der Waals surface area contributed by atoms with E-state index in [0.717, 1.165) is 25.0 Å². The number of aromatic nitrogens is 1. The lowest BCUT2D eigenvalue weighted by molar-refractivity contribution is 0.210. The van der Waals surface area contributed by atoms with Crippen molar-refractivity contribution in [1.82, 2.24) is 4.98 Å². The standard InChI is InChI=1S/C11H15NO/c1-9-3-2-6-12-10(9)7-11(8-13)4-5-11/h2-3,6,13H,4-5,7-8H2,1H3. The number of nitrogens with zero attached hydrogens (tertiary/aromatic N) is 1. The van der Waals surface area contributed by atoms with E-state index < -0.39 is 0 Å². The van der Waals surface area contributed by atoms with Gasteiger partial charge in [-0.2, -0.15) is 0 Å². The number of hydrogen-bond donors (Lipinski definition) is 1. The monoisotopic (exact) mass is 177 g/mol. The molecule has 1 fully saturated rings. The van der Waals surface area contributed by atoms with Gasteiger partial charge in [0.05, 0.1) is 0 Å². The highest BCUT2D eigenvalue weighted by Gasteiger charge is 2.42. The maximum atomic E-state index is 9.18. The van der Waals surface area contributed by atoms with Gasteiger partial charge < -0.3 is 5.11 Å². The predicted molar refractivity (Wildman–Crippen MR) is 51.4 cm³/mol. The number of pyridine rings is 1. The fourth-order valence-corrected chi connectivity index (χ4v) is 1.63. The third-order valence-electron chi connectivity index (χ3n) is 2.95. The molecule has 0 spiro atoms. The molecule has 0 atom stereocenters. The minimum atomic E-state index is 0.180. The average Bonchev–Trinajstić information content (AvgIpc) is 2.90. The van der Waals surface area contributed by atoms with E-state index in [1.165, 1.54) is 5.56 Å². The summed E-state index contributed by atoms with van der Waals surface area (Å²) in [4.78, 5) is 4.34. The Hall–Kier alpha value is -0.890. The molecule has 2 heteroatoms. The first-order valence-corrected chi connectivity index (χ1v) is 4.77. The van der Waals surface area contributed by atoms with E-state index >= 15 is 0 Å². The zero-order valence-corrected chi connectivity index (χ0v) is 7.95.